The average Bonchev–Trinajstić information content (AvgIpc) is 2.24. The van der Waals surface area contributed by atoms with Crippen molar-refractivity contribution < 1.29 is 9.90 Å². The van der Waals surface area contributed by atoms with Crippen LogP contribution < -0.4 is 0 Å². The molecule has 18 heavy (non-hydrogen) atoms. The lowest BCUT2D eigenvalue weighted by Crippen LogP contribution is -2.07. The van der Waals surface area contributed by atoms with E-state index in [1.807, 2.05) is 12.1 Å². The van der Waals surface area contributed by atoms with Crippen LogP contribution in [-0.4, -0.2) is 16.1 Å². The largest absolute Gasteiger partial charge is 0.477 e. The number of aromatic carboxylic acids is 1. The summed E-state index contributed by atoms with van der Waals surface area (Å²) in [4.78, 5) is 15.2. The summed E-state index contributed by atoms with van der Waals surface area (Å²) in [6.45, 7) is 8.48. The van der Waals surface area contributed by atoms with Gasteiger partial charge >= 0.3 is 5.97 Å². The summed E-state index contributed by atoms with van der Waals surface area (Å²) in [6, 6.07) is 3.77. The Morgan fingerprint density at radius 3 is 2.50 bits per heavy atom. The summed E-state index contributed by atoms with van der Waals surface area (Å²) >= 11 is 0. The Bertz CT molecular complexity index is 419. The van der Waals surface area contributed by atoms with Crippen molar-refractivity contribution in [3.63, 3.8) is 0 Å². The van der Waals surface area contributed by atoms with Crippen molar-refractivity contribution in [3.05, 3.63) is 29.1 Å². The van der Waals surface area contributed by atoms with Crippen LogP contribution in [0.1, 0.15) is 61.8 Å². The van der Waals surface area contributed by atoms with Crippen LogP contribution in [0.5, 0.6) is 0 Å². The lowest BCUT2D eigenvalue weighted by Gasteiger charge is -2.17. The Morgan fingerprint density at radius 2 is 1.94 bits per heavy atom. The molecule has 0 bridgehead atoms. The number of carbonyl (C=O) groups is 1. The maximum absolute atomic E-state index is 11.0. The number of pyridine rings is 1. The summed E-state index contributed by atoms with van der Waals surface area (Å²) in [5.74, 6) is -0.941. The Kier molecular flexibility index (Phi) is 4.88. The molecule has 0 unspecified atom stereocenters. The minimum atomic E-state index is -0.941. The van der Waals surface area contributed by atoms with E-state index >= 15 is 0 Å². The van der Waals surface area contributed by atoms with E-state index in [0.29, 0.717) is 5.41 Å². The lowest BCUT2D eigenvalue weighted by molar-refractivity contribution is 0.0689. The standard InChI is InChI=1S/C15H23NO2/c1-11-8-9-12(16-13(11)14(17)18)7-5-6-10-15(2,3)4/h8-9H,5-7,10H2,1-4H3,(H,17,18). The van der Waals surface area contributed by atoms with Crippen LogP contribution in [0.3, 0.4) is 0 Å². The molecule has 3 heteroatoms. The zero-order valence-corrected chi connectivity index (χ0v) is 11.8. The smallest absolute Gasteiger partial charge is 0.354 e. The number of unbranched alkanes of at least 4 members (excludes halogenated alkanes) is 1. The van der Waals surface area contributed by atoms with E-state index in [4.69, 9.17) is 5.11 Å². The van der Waals surface area contributed by atoms with E-state index in [9.17, 15) is 4.79 Å². The molecule has 1 heterocycles. The quantitative estimate of drug-likeness (QED) is 0.806. The van der Waals surface area contributed by atoms with Crippen LogP contribution >= 0.6 is 0 Å². The number of carboxylic acids is 1. The number of aromatic nitrogens is 1. The zero-order chi connectivity index (χ0) is 13.8. The minimum Gasteiger partial charge on any atom is -0.477 e. The van der Waals surface area contributed by atoms with Crippen molar-refractivity contribution in [1.29, 1.82) is 0 Å². The van der Waals surface area contributed by atoms with Gasteiger partial charge in [0.1, 0.15) is 0 Å². The fourth-order valence-electron chi connectivity index (χ4n) is 1.89. The molecular formula is C15H23NO2. The molecule has 3 nitrogen and oxygen atoms in total. The number of hydrogen-bond donors (Lipinski definition) is 1. The molecule has 0 radical (unpaired) electrons. The van der Waals surface area contributed by atoms with Crippen LogP contribution in [0.25, 0.3) is 0 Å². The molecule has 0 saturated carbocycles. The molecule has 100 valence electrons. The first kappa shape index (κ1) is 14.7. The molecular weight excluding hydrogens is 226 g/mol. The van der Waals surface area contributed by atoms with Crippen LogP contribution in [0.15, 0.2) is 12.1 Å². The average molecular weight is 249 g/mol. The van der Waals surface area contributed by atoms with Gasteiger partial charge in [-0.25, -0.2) is 9.78 Å². The molecule has 0 aromatic carbocycles. The minimum absolute atomic E-state index is 0.184. The number of nitrogens with zero attached hydrogens (tertiary/aromatic N) is 1. The first-order chi connectivity index (χ1) is 8.29. The Hall–Kier alpha value is -1.38. The second-order valence-electron chi connectivity index (χ2n) is 6.04. The summed E-state index contributed by atoms with van der Waals surface area (Å²) in [6.07, 6.45) is 4.26. The van der Waals surface area contributed by atoms with Crippen molar-refractivity contribution in [2.75, 3.05) is 0 Å². The second-order valence-corrected chi connectivity index (χ2v) is 6.04. The summed E-state index contributed by atoms with van der Waals surface area (Å²) in [5.41, 5.74) is 2.16. The van der Waals surface area contributed by atoms with Crippen LogP contribution in [0.4, 0.5) is 0 Å². The van der Waals surface area contributed by atoms with E-state index < -0.39 is 5.97 Å². The molecule has 0 aliphatic carbocycles. The van der Waals surface area contributed by atoms with Gasteiger partial charge in [0, 0.05) is 5.69 Å². The molecule has 0 spiro atoms. The highest BCUT2D eigenvalue weighted by atomic mass is 16.4. The van der Waals surface area contributed by atoms with E-state index in [2.05, 4.69) is 25.8 Å². The lowest BCUT2D eigenvalue weighted by atomic mass is 9.89. The third-order valence-corrected chi connectivity index (χ3v) is 2.97. The fraction of sp³-hybridized carbons (Fsp3) is 0.600. The molecule has 1 aromatic heterocycles. The first-order valence-corrected chi connectivity index (χ1v) is 6.49. The van der Waals surface area contributed by atoms with Gasteiger partial charge < -0.3 is 5.11 Å². The van der Waals surface area contributed by atoms with Gasteiger partial charge in [-0.3, -0.25) is 0 Å². The van der Waals surface area contributed by atoms with Gasteiger partial charge in [0.2, 0.25) is 0 Å². The van der Waals surface area contributed by atoms with Crippen molar-refractivity contribution in [1.82, 2.24) is 4.98 Å². The van der Waals surface area contributed by atoms with E-state index in [-0.39, 0.29) is 5.69 Å². The van der Waals surface area contributed by atoms with Crippen LogP contribution in [0, 0.1) is 12.3 Å². The third kappa shape index (κ3) is 4.86. The molecule has 0 aliphatic rings. The molecule has 0 atom stereocenters. The van der Waals surface area contributed by atoms with Gasteiger partial charge in [-0.15, -0.1) is 0 Å². The molecule has 1 N–H and O–H groups in total. The molecule has 0 fully saturated rings. The molecule has 0 aliphatic heterocycles. The molecule has 1 aromatic rings. The number of hydrogen-bond acceptors (Lipinski definition) is 2. The Balaban J connectivity index is 2.53. The summed E-state index contributed by atoms with van der Waals surface area (Å²) < 4.78 is 0. The summed E-state index contributed by atoms with van der Waals surface area (Å²) in [5, 5.41) is 9.01. The molecule has 1 rings (SSSR count). The van der Waals surface area contributed by atoms with Gasteiger partial charge in [-0.2, -0.15) is 0 Å². The van der Waals surface area contributed by atoms with Gasteiger partial charge in [-0.1, -0.05) is 33.3 Å². The van der Waals surface area contributed by atoms with E-state index in [1.54, 1.807) is 6.92 Å². The highest BCUT2D eigenvalue weighted by Gasteiger charge is 2.11. The van der Waals surface area contributed by atoms with E-state index in [1.165, 1.54) is 6.42 Å². The fourth-order valence-corrected chi connectivity index (χ4v) is 1.89. The van der Waals surface area contributed by atoms with Crippen molar-refractivity contribution in [2.24, 2.45) is 5.41 Å². The van der Waals surface area contributed by atoms with Crippen LogP contribution in [0.2, 0.25) is 0 Å². The normalized spacial score (nSPS) is 11.6. The number of aryl methyl sites for hydroxylation is 2. The Labute approximate surface area is 109 Å². The second kappa shape index (κ2) is 5.98. The summed E-state index contributed by atoms with van der Waals surface area (Å²) in [7, 11) is 0. The van der Waals surface area contributed by atoms with Gasteiger partial charge in [0.25, 0.3) is 0 Å². The first-order valence-electron chi connectivity index (χ1n) is 6.49. The maximum Gasteiger partial charge on any atom is 0.354 e. The maximum atomic E-state index is 11.0. The van der Waals surface area contributed by atoms with Crippen molar-refractivity contribution in [3.8, 4) is 0 Å². The van der Waals surface area contributed by atoms with Gasteiger partial charge in [0.15, 0.2) is 5.69 Å². The Morgan fingerprint density at radius 1 is 1.28 bits per heavy atom. The highest BCUT2D eigenvalue weighted by molar-refractivity contribution is 5.86. The highest BCUT2D eigenvalue weighted by Crippen LogP contribution is 2.22. The predicted molar refractivity (Wildman–Crippen MR) is 72.9 cm³/mol. The third-order valence-electron chi connectivity index (χ3n) is 2.97. The van der Waals surface area contributed by atoms with E-state index in [0.717, 1.165) is 30.5 Å². The molecule has 0 saturated heterocycles. The monoisotopic (exact) mass is 249 g/mol. The van der Waals surface area contributed by atoms with Gasteiger partial charge in [0.05, 0.1) is 0 Å². The topological polar surface area (TPSA) is 50.2 Å². The SMILES string of the molecule is Cc1ccc(CCCCC(C)(C)C)nc1C(=O)O. The predicted octanol–water partition coefficient (Wildman–Crippen LogP) is 3.85. The van der Waals surface area contributed by atoms with Crippen molar-refractivity contribution >= 4 is 5.97 Å². The van der Waals surface area contributed by atoms with Gasteiger partial charge in [-0.05, 0) is 43.2 Å². The number of rotatable bonds is 5. The van der Waals surface area contributed by atoms with Crippen LogP contribution in [-0.2, 0) is 6.42 Å². The molecule has 0 amide bonds. The zero-order valence-electron chi connectivity index (χ0n) is 11.8. The number of carboxylic acid groups (broad SMARTS) is 1. The van der Waals surface area contributed by atoms with Crippen molar-refractivity contribution in [2.45, 2.75) is 53.4 Å².